The van der Waals surface area contributed by atoms with Gasteiger partial charge in [-0.15, -0.1) is 0 Å². The molecule has 1 nitrogen and oxygen atoms in total. The molecule has 0 aromatic carbocycles. The molecule has 0 spiro atoms. The van der Waals surface area contributed by atoms with Gasteiger partial charge in [0, 0.05) is 4.79 Å². The lowest BCUT2D eigenvalue weighted by molar-refractivity contribution is 0.561. The number of hydrogen-bond donors (Lipinski definition) is 0. The lowest BCUT2D eigenvalue weighted by Crippen LogP contribution is -1.61. The quantitative estimate of drug-likeness (QED) is 0.365. The van der Waals surface area contributed by atoms with E-state index in [1.165, 1.54) is 0 Å². The minimum atomic E-state index is 0.326. The van der Waals surface area contributed by atoms with E-state index in [0.717, 1.165) is 0 Å². The van der Waals surface area contributed by atoms with Crippen LogP contribution < -0.4 is 0 Å². The fourth-order valence-corrected chi connectivity index (χ4v) is 0. The Balaban J connectivity index is 2.30. The normalized spacial score (nSPS) is 5.25. The molecule has 0 radical (unpaired) electrons. The van der Waals surface area contributed by atoms with E-state index in [4.69, 9.17) is 4.79 Å². The van der Waals surface area contributed by atoms with Crippen molar-refractivity contribution in [3.63, 3.8) is 0 Å². The lowest BCUT2D eigenvalue weighted by atomic mass is 11.0. The number of hydrogen-bond acceptors (Lipinski definition) is 1. The smallest absolute Gasteiger partial charge is 0.0218 e. The highest BCUT2D eigenvalue weighted by atomic mass is 79.9. The minimum absolute atomic E-state index is 0.326. The first-order valence-electron chi connectivity index (χ1n) is 0.825. The number of halogens is 1. The van der Waals surface area contributed by atoms with Crippen molar-refractivity contribution in [2.75, 3.05) is 5.33 Å². The van der Waals surface area contributed by atoms with Crippen LogP contribution in [0.3, 0.4) is 0 Å². The van der Waals surface area contributed by atoms with Gasteiger partial charge in [-0.05, 0) is 15.9 Å². The van der Waals surface area contributed by atoms with Crippen LogP contribution in [0.5, 0.6) is 0 Å². The fraction of sp³-hybridized carbons (Fsp3) is 0.500. The van der Waals surface area contributed by atoms with Crippen molar-refractivity contribution < 1.29 is 4.79 Å². The summed E-state index contributed by atoms with van der Waals surface area (Å²) in [6, 6.07) is 0. The molecule has 0 aliphatic rings. The zero-order valence-corrected chi connectivity index (χ0v) is 3.58. The van der Waals surface area contributed by atoms with E-state index < -0.39 is 0 Å². The van der Waals surface area contributed by atoms with Gasteiger partial charge in [-0.2, -0.15) is 0 Å². The third-order valence-corrected chi connectivity index (χ3v) is 0.283. The summed E-state index contributed by atoms with van der Waals surface area (Å²) in [5.74, 6) is 0. The van der Waals surface area contributed by atoms with Gasteiger partial charge in [-0.25, -0.2) is 0 Å². The van der Waals surface area contributed by atoms with Gasteiger partial charge in [0.2, 0.25) is 0 Å². The molecule has 0 heterocycles. The average molecular weight is 122 g/mol. The molecule has 0 aromatic heterocycles. The zero-order valence-electron chi connectivity index (χ0n) is 1.99. The largest absolute Gasteiger partial charge is 0.518 e. The Hall–Kier alpha value is 0.0600. The van der Waals surface area contributed by atoms with E-state index >= 15 is 0 Å². The van der Waals surface area contributed by atoms with E-state index in [0.29, 0.717) is 5.33 Å². The summed E-state index contributed by atoms with van der Waals surface area (Å²) in [5, 5.41) is 0.326. The van der Waals surface area contributed by atoms with Crippen molar-refractivity contribution in [2.45, 2.75) is 0 Å². The van der Waals surface area contributed by atoms with Crippen LogP contribution in [0.2, 0.25) is 0 Å². The Morgan fingerprint density at radius 2 is 2.25 bits per heavy atom. The van der Waals surface area contributed by atoms with Crippen LogP contribution >= 0.6 is 15.9 Å². The summed E-state index contributed by atoms with van der Waals surface area (Å²) in [4.78, 5) is 9.00. The van der Waals surface area contributed by atoms with Crippen LogP contribution in [0.1, 0.15) is 0 Å². The van der Waals surface area contributed by atoms with Crippen molar-refractivity contribution in [1.29, 1.82) is 0 Å². The van der Waals surface area contributed by atoms with Gasteiger partial charge in [0.15, 0.2) is 0 Å². The second kappa shape index (κ2) is 3.06. The highest BCUT2D eigenvalue weighted by Gasteiger charge is 1.81. The topological polar surface area (TPSA) is 17.1 Å². The van der Waals surface area contributed by atoms with E-state index in [9.17, 15) is 0 Å². The van der Waals surface area contributed by atoms with Gasteiger partial charge >= 0.3 is 6.29 Å². The standard InChI is InChI=1S/C2H2BrO/c3-1-2-4/h1H2/q+1. The molecule has 0 aliphatic heterocycles. The van der Waals surface area contributed by atoms with Gasteiger partial charge in [0.25, 0.3) is 5.33 Å². The molecule has 2 heteroatoms. The van der Waals surface area contributed by atoms with Crippen LogP contribution in [0.4, 0.5) is 0 Å². The Bertz CT molecular complexity index is 20.0. The number of alkyl halides is 1. The molecule has 0 saturated heterocycles. The predicted molar refractivity (Wildman–Crippen MR) is 19.5 cm³/mol. The van der Waals surface area contributed by atoms with Gasteiger partial charge < -0.3 is 0 Å². The van der Waals surface area contributed by atoms with Crippen LogP contribution in [0.15, 0.2) is 0 Å². The Labute approximate surface area is 33.1 Å². The first-order chi connectivity index (χ1) is 1.91. The summed E-state index contributed by atoms with van der Waals surface area (Å²) >= 11 is 2.82. The summed E-state index contributed by atoms with van der Waals surface area (Å²) in [7, 11) is 0. The first kappa shape index (κ1) is 4.06. The minimum Gasteiger partial charge on any atom is -0.0218 e. The number of rotatable bonds is 1. The molecule has 4 heavy (non-hydrogen) atoms. The molecule has 0 saturated carbocycles. The molecule has 0 rings (SSSR count). The van der Waals surface area contributed by atoms with Crippen molar-refractivity contribution in [1.82, 2.24) is 0 Å². The van der Waals surface area contributed by atoms with Gasteiger partial charge in [0.05, 0.1) is 0 Å². The van der Waals surface area contributed by atoms with Gasteiger partial charge in [0.1, 0.15) is 0 Å². The highest BCUT2D eigenvalue weighted by Crippen LogP contribution is 1.65. The Kier molecular flexibility index (Phi) is 3.11. The third-order valence-electron chi connectivity index (χ3n) is 0.0546. The summed E-state index contributed by atoms with van der Waals surface area (Å²) in [6.45, 7) is 0. The maximum absolute atomic E-state index is 9.00. The molecule has 0 unspecified atom stereocenters. The van der Waals surface area contributed by atoms with Crippen molar-refractivity contribution in [3.05, 3.63) is 0 Å². The zero-order chi connectivity index (χ0) is 3.41. The number of carbonyl (C=O) groups excluding carboxylic acids is 1. The second-order valence-corrected chi connectivity index (χ2v) is 0.839. The molecule has 0 amide bonds. The van der Waals surface area contributed by atoms with E-state index in [1.807, 2.05) is 0 Å². The third kappa shape index (κ3) is 2.06. The monoisotopic (exact) mass is 121 g/mol. The molecule has 0 atom stereocenters. The summed E-state index contributed by atoms with van der Waals surface area (Å²) < 4.78 is 0. The highest BCUT2D eigenvalue weighted by molar-refractivity contribution is 9.09. The van der Waals surface area contributed by atoms with Crippen LogP contribution in [0, 0.1) is 0 Å². The van der Waals surface area contributed by atoms with Crippen molar-refractivity contribution in [3.8, 4) is 0 Å². The van der Waals surface area contributed by atoms with Crippen LogP contribution in [-0.2, 0) is 4.79 Å². The molecular formula is C2H2BrO+. The second-order valence-electron chi connectivity index (χ2n) is 0.278. The van der Waals surface area contributed by atoms with Crippen molar-refractivity contribution in [2.24, 2.45) is 0 Å². The molecule has 0 bridgehead atoms. The maximum atomic E-state index is 9.00. The van der Waals surface area contributed by atoms with Gasteiger partial charge in [-0.1, -0.05) is 0 Å². The lowest BCUT2D eigenvalue weighted by Gasteiger charge is -1.26. The molecule has 0 fully saturated rings. The Morgan fingerprint density at radius 1 is 2.00 bits per heavy atom. The fourth-order valence-electron chi connectivity index (χ4n) is 0. The molecule has 0 aromatic rings. The first-order valence-corrected chi connectivity index (χ1v) is 1.95. The Morgan fingerprint density at radius 3 is 2.25 bits per heavy atom. The molecule has 22 valence electrons. The van der Waals surface area contributed by atoms with E-state index in [2.05, 4.69) is 15.9 Å². The van der Waals surface area contributed by atoms with Crippen LogP contribution in [0.25, 0.3) is 0 Å². The predicted octanol–water partition coefficient (Wildman–Crippen LogP) is 0.491. The molecule has 0 N–H and O–H groups in total. The van der Waals surface area contributed by atoms with E-state index in [1.54, 1.807) is 6.29 Å². The van der Waals surface area contributed by atoms with Crippen molar-refractivity contribution >= 4 is 22.2 Å². The summed E-state index contributed by atoms with van der Waals surface area (Å²) in [5.41, 5.74) is 0. The molecule has 0 aliphatic carbocycles. The average Bonchev–Trinajstić information content (AvgIpc) is 1.37. The van der Waals surface area contributed by atoms with E-state index in [-0.39, 0.29) is 0 Å². The summed E-state index contributed by atoms with van der Waals surface area (Å²) in [6.07, 6.45) is 1.60. The maximum Gasteiger partial charge on any atom is 0.518 e. The van der Waals surface area contributed by atoms with Crippen LogP contribution in [-0.4, -0.2) is 11.6 Å². The molecular weight excluding hydrogens is 120 g/mol. The SMILES string of the molecule is O=[C+]CBr. The van der Waals surface area contributed by atoms with Gasteiger partial charge in [-0.3, -0.25) is 0 Å².